The van der Waals surface area contributed by atoms with Crippen LogP contribution in [-0.4, -0.2) is 20.7 Å². The van der Waals surface area contributed by atoms with E-state index < -0.39 is 22.4 Å². The Hall–Kier alpha value is -0.940. The first-order chi connectivity index (χ1) is 10.0. The fraction of sp³-hybridized carbons (Fsp3) is 0.647. The van der Waals surface area contributed by atoms with Gasteiger partial charge in [0.15, 0.2) is 0 Å². The number of benzene rings is 1. The number of alkyl halides is 1. The number of rotatable bonds is 3. The van der Waals surface area contributed by atoms with Gasteiger partial charge in [-0.15, -0.1) is 0 Å². The van der Waals surface area contributed by atoms with E-state index in [4.69, 9.17) is 4.18 Å². The molecule has 1 aromatic rings. The van der Waals surface area contributed by atoms with Crippen LogP contribution in [0, 0.1) is 13.8 Å². The molecule has 2 atom stereocenters. The maximum absolute atomic E-state index is 13.7. The molecule has 1 aliphatic rings. The Balaban J connectivity index is 2.39. The van der Waals surface area contributed by atoms with Gasteiger partial charge in [-0.1, -0.05) is 32.9 Å². The van der Waals surface area contributed by atoms with Crippen LogP contribution in [-0.2, 0) is 19.7 Å². The van der Waals surface area contributed by atoms with Crippen LogP contribution in [0.1, 0.15) is 56.7 Å². The third-order valence-corrected chi connectivity index (χ3v) is 5.84. The summed E-state index contributed by atoms with van der Waals surface area (Å²) in [5.41, 5.74) is 2.32. The van der Waals surface area contributed by atoms with Gasteiger partial charge in [0.25, 0.3) is 10.1 Å². The Bertz CT molecular complexity index is 636. The van der Waals surface area contributed by atoms with E-state index in [1.807, 2.05) is 12.1 Å². The van der Waals surface area contributed by atoms with Crippen LogP contribution < -0.4 is 0 Å². The predicted octanol–water partition coefficient (Wildman–Crippen LogP) is 4.20. The van der Waals surface area contributed by atoms with E-state index >= 15 is 0 Å². The highest BCUT2D eigenvalue weighted by Gasteiger charge is 2.34. The smallest absolute Gasteiger partial charge is 0.260 e. The lowest BCUT2D eigenvalue weighted by Gasteiger charge is -2.23. The van der Waals surface area contributed by atoms with Gasteiger partial charge in [0, 0.05) is 0 Å². The van der Waals surface area contributed by atoms with Crippen molar-refractivity contribution in [2.24, 2.45) is 0 Å². The van der Waals surface area contributed by atoms with Gasteiger partial charge in [-0.25, -0.2) is 4.39 Å². The van der Waals surface area contributed by atoms with E-state index in [0.29, 0.717) is 30.4 Å². The molecule has 0 amide bonds. The van der Waals surface area contributed by atoms with E-state index in [-0.39, 0.29) is 10.3 Å². The van der Waals surface area contributed by atoms with Crippen molar-refractivity contribution in [1.82, 2.24) is 0 Å². The second-order valence-corrected chi connectivity index (χ2v) is 8.73. The highest BCUT2D eigenvalue weighted by atomic mass is 32.2. The van der Waals surface area contributed by atoms with E-state index in [1.165, 1.54) is 0 Å². The summed E-state index contributed by atoms with van der Waals surface area (Å²) in [6.07, 6.45) is -0.530. The van der Waals surface area contributed by atoms with Crippen LogP contribution in [0.15, 0.2) is 17.0 Å². The molecule has 1 aromatic carbocycles. The maximum Gasteiger partial charge on any atom is 0.297 e. The second kappa shape index (κ2) is 5.93. The van der Waals surface area contributed by atoms with Gasteiger partial charge in [-0.2, -0.15) is 8.42 Å². The summed E-state index contributed by atoms with van der Waals surface area (Å²) in [7, 11) is -3.94. The Morgan fingerprint density at radius 3 is 2.09 bits per heavy atom. The SMILES string of the molecule is Cc1cc(C(C)(C)C)cc(C)c1S(=O)(=O)OC1CCCC1F. The highest BCUT2D eigenvalue weighted by molar-refractivity contribution is 7.86. The molecule has 5 heteroatoms. The molecule has 1 saturated carbocycles. The summed E-state index contributed by atoms with van der Waals surface area (Å²) < 4.78 is 43.9. The molecular formula is C17H25FO3S. The van der Waals surface area contributed by atoms with Gasteiger partial charge in [0.1, 0.15) is 12.3 Å². The van der Waals surface area contributed by atoms with Gasteiger partial charge in [0.05, 0.1) is 4.90 Å². The third kappa shape index (κ3) is 3.51. The van der Waals surface area contributed by atoms with Crippen molar-refractivity contribution in [3.05, 3.63) is 28.8 Å². The molecule has 1 aliphatic carbocycles. The maximum atomic E-state index is 13.7. The first-order valence-electron chi connectivity index (χ1n) is 7.71. The van der Waals surface area contributed by atoms with Crippen LogP contribution in [0.4, 0.5) is 4.39 Å². The van der Waals surface area contributed by atoms with Gasteiger partial charge >= 0.3 is 0 Å². The highest BCUT2D eigenvalue weighted by Crippen LogP contribution is 2.33. The predicted molar refractivity (Wildman–Crippen MR) is 85.4 cm³/mol. The molecule has 124 valence electrons. The van der Waals surface area contributed by atoms with E-state index in [0.717, 1.165) is 5.56 Å². The Morgan fingerprint density at radius 1 is 1.14 bits per heavy atom. The van der Waals surface area contributed by atoms with Crippen molar-refractivity contribution in [3.8, 4) is 0 Å². The summed E-state index contributed by atoms with van der Waals surface area (Å²) in [6, 6.07) is 3.76. The lowest BCUT2D eigenvalue weighted by Crippen LogP contribution is -2.24. The first-order valence-corrected chi connectivity index (χ1v) is 9.12. The first kappa shape index (κ1) is 17.4. The van der Waals surface area contributed by atoms with Gasteiger partial charge < -0.3 is 0 Å². The lowest BCUT2D eigenvalue weighted by molar-refractivity contribution is 0.131. The van der Waals surface area contributed by atoms with Gasteiger partial charge in [-0.05, 0) is 55.2 Å². The molecule has 0 saturated heterocycles. The van der Waals surface area contributed by atoms with Crippen LogP contribution >= 0.6 is 0 Å². The number of hydrogen-bond acceptors (Lipinski definition) is 3. The van der Waals surface area contributed by atoms with Crippen molar-refractivity contribution < 1.29 is 17.0 Å². The number of halogens is 1. The van der Waals surface area contributed by atoms with Crippen LogP contribution in [0.2, 0.25) is 0 Å². The zero-order valence-corrected chi connectivity index (χ0v) is 14.8. The zero-order valence-electron chi connectivity index (χ0n) is 13.9. The monoisotopic (exact) mass is 328 g/mol. The van der Waals surface area contributed by atoms with Crippen molar-refractivity contribution in [1.29, 1.82) is 0 Å². The van der Waals surface area contributed by atoms with Crippen LogP contribution in [0.5, 0.6) is 0 Å². The van der Waals surface area contributed by atoms with Crippen molar-refractivity contribution in [3.63, 3.8) is 0 Å². The fourth-order valence-corrected chi connectivity index (χ4v) is 4.52. The average Bonchev–Trinajstić information content (AvgIpc) is 2.71. The summed E-state index contributed by atoms with van der Waals surface area (Å²) in [6.45, 7) is 9.77. The molecule has 2 unspecified atom stereocenters. The van der Waals surface area contributed by atoms with E-state index in [9.17, 15) is 12.8 Å². The average molecular weight is 328 g/mol. The molecular weight excluding hydrogens is 303 g/mol. The molecule has 22 heavy (non-hydrogen) atoms. The second-order valence-electron chi connectivity index (χ2n) is 7.22. The molecule has 0 aliphatic heterocycles. The fourth-order valence-electron chi connectivity index (χ4n) is 2.98. The molecule has 3 nitrogen and oxygen atoms in total. The topological polar surface area (TPSA) is 43.4 Å². The molecule has 0 radical (unpaired) electrons. The molecule has 0 spiro atoms. The minimum absolute atomic E-state index is 0.0614. The summed E-state index contributed by atoms with van der Waals surface area (Å²) in [5.74, 6) is 0. The largest absolute Gasteiger partial charge is 0.297 e. The normalized spacial score (nSPS) is 23.0. The van der Waals surface area contributed by atoms with Crippen molar-refractivity contribution in [2.75, 3.05) is 0 Å². The van der Waals surface area contributed by atoms with E-state index in [1.54, 1.807) is 13.8 Å². The molecule has 0 aromatic heterocycles. The van der Waals surface area contributed by atoms with Crippen molar-refractivity contribution in [2.45, 2.75) is 76.5 Å². The third-order valence-electron chi connectivity index (χ3n) is 4.20. The Kier molecular flexibility index (Phi) is 4.69. The minimum Gasteiger partial charge on any atom is -0.260 e. The van der Waals surface area contributed by atoms with Gasteiger partial charge in [0.2, 0.25) is 0 Å². The number of aryl methyl sites for hydroxylation is 2. The Labute approximate surface area is 133 Å². The Morgan fingerprint density at radius 2 is 1.68 bits per heavy atom. The van der Waals surface area contributed by atoms with E-state index in [2.05, 4.69) is 20.8 Å². The number of hydrogen-bond donors (Lipinski definition) is 0. The zero-order chi connectivity index (χ0) is 16.7. The lowest BCUT2D eigenvalue weighted by atomic mass is 9.85. The minimum atomic E-state index is -3.94. The van der Waals surface area contributed by atoms with Crippen LogP contribution in [0.25, 0.3) is 0 Å². The van der Waals surface area contributed by atoms with Gasteiger partial charge in [-0.3, -0.25) is 4.18 Å². The van der Waals surface area contributed by atoms with Crippen LogP contribution in [0.3, 0.4) is 0 Å². The summed E-state index contributed by atoms with van der Waals surface area (Å²) in [4.78, 5) is 0.180. The molecule has 0 N–H and O–H groups in total. The standard InChI is InChI=1S/C17H25FO3S/c1-11-9-13(17(3,4)5)10-12(2)16(11)22(19,20)21-15-8-6-7-14(15)18/h9-10,14-15H,6-8H2,1-5H3. The summed E-state index contributed by atoms with van der Waals surface area (Å²) >= 11 is 0. The molecule has 2 rings (SSSR count). The molecule has 0 heterocycles. The molecule has 0 bridgehead atoms. The molecule has 1 fully saturated rings. The summed E-state index contributed by atoms with van der Waals surface area (Å²) in [5, 5.41) is 0. The quantitative estimate of drug-likeness (QED) is 0.781. The van der Waals surface area contributed by atoms with Crippen molar-refractivity contribution >= 4 is 10.1 Å².